The van der Waals surface area contributed by atoms with E-state index < -0.39 is 0 Å². The van der Waals surface area contributed by atoms with E-state index in [1.165, 1.54) is 0 Å². The summed E-state index contributed by atoms with van der Waals surface area (Å²) in [5.74, 6) is 2.29. The third kappa shape index (κ3) is 5.01. The minimum atomic E-state index is -0.251. The van der Waals surface area contributed by atoms with Gasteiger partial charge in [0.2, 0.25) is 0 Å². The van der Waals surface area contributed by atoms with Gasteiger partial charge in [0.1, 0.15) is 34.5 Å². The Morgan fingerprint density at radius 1 is 1.16 bits per heavy atom. The van der Waals surface area contributed by atoms with E-state index in [2.05, 4.69) is 30.9 Å². The van der Waals surface area contributed by atoms with Crippen LogP contribution in [-0.2, 0) is 0 Å². The van der Waals surface area contributed by atoms with Gasteiger partial charge in [0.15, 0.2) is 0 Å². The molecule has 1 aliphatic rings. The van der Waals surface area contributed by atoms with Gasteiger partial charge in [-0.3, -0.25) is 9.79 Å². The molecule has 1 fully saturated rings. The number of amidine groups is 1. The zero-order valence-corrected chi connectivity index (χ0v) is 17.7. The highest BCUT2D eigenvalue weighted by Gasteiger charge is 2.19. The molecule has 0 saturated carbocycles. The first-order valence-corrected chi connectivity index (χ1v) is 10.4. The maximum Gasteiger partial charge on any atom is 0.256 e. The summed E-state index contributed by atoms with van der Waals surface area (Å²) in [4.78, 5) is 25.5. The Morgan fingerprint density at radius 3 is 2.69 bits per heavy atom. The average molecular weight is 432 g/mol. The Morgan fingerprint density at radius 2 is 2.00 bits per heavy atom. The van der Waals surface area contributed by atoms with Crippen molar-refractivity contribution >= 4 is 23.4 Å². The molecule has 1 amide bonds. The molecule has 32 heavy (non-hydrogen) atoms. The summed E-state index contributed by atoms with van der Waals surface area (Å²) < 4.78 is 6.09. The van der Waals surface area contributed by atoms with Crippen molar-refractivity contribution in [3.8, 4) is 11.5 Å². The Bertz CT molecular complexity index is 1100. The lowest BCUT2D eigenvalue weighted by Crippen LogP contribution is -2.22. The number of hydrogen-bond donors (Lipinski definition) is 4. The lowest BCUT2D eigenvalue weighted by Gasteiger charge is -2.15. The van der Waals surface area contributed by atoms with Gasteiger partial charge in [-0.25, -0.2) is 9.97 Å². The van der Waals surface area contributed by atoms with Crippen LogP contribution in [0.3, 0.4) is 0 Å². The molecule has 9 nitrogen and oxygen atoms in total. The summed E-state index contributed by atoms with van der Waals surface area (Å²) in [5, 5.41) is 9.08. The Labute approximate surface area is 186 Å². The van der Waals surface area contributed by atoms with E-state index in [-0.39, 0.29) is 11.9 Å². The summed E-state index contributed by atoms with van der Waals surface area (Å²) >= 11 is 0. The van der Waals surface area contributed by atoms with Crippen LogP contribution in [-0.4, -0.2) is 47.9 Å². The zero-order chi connectivity index (χ0) is 22.3. The number of nitrogens with one attached hydrogen (secondary N) is 3. The van der Waals surface area contributed by atoms with E-state index in [4.69, 9.17) is 10.5 Å². The van der Waals surface area contributed by atoms with E-state index in [0.717, 1.165) is 19.5 Å². The highest BCUT2D eigenvalue weighted by atomic mass is 16.5. The fraction of sp³-hybridized carbons (Fsp3) is 0.217. The number of ether oxygens (including phenoxy) is 1. The van der Waals surface area contributed by atoms with Gasteiger partial charge in [-0.2, -0.15) is 0 Å². The molecule has 9 heteroatoms. The predicted molar refractivity (Wildman–Crippen MR) is 124 cm³/mol. The number of hydrogen-bond acceptors (Lipinski definition) is 7. The molecule has 1 aromatic carbocycles. The van der Waals surface area contributed by atoms with Gasteiger partial charge in [0.25, 0.3) is 5.91 Å². The summed E-state index contributed by atoms with van der Waals surface area (Å²) in [7, 11) is 1.77. The van der Waals surface area contributed by atoms with Crippen LogP contribution in [0, 0.1) is 0 Å². The molecule has 1 unspecified atom stereocenters. The maximum absolute atomic E-state index is 12.4. The van der Waals surface area contributed by atoms with Gasteiger partial charge < -0.3 is 26.4 Å². The van der Waals surface area contributed by atoms with Crippen molar-refractivity contribution in [3.05, 3.63) is 72.1 Å². The molecule has 0 aliphatic carbocycles. The van der Waals surface area contributed by atoms with E-state index in [1.54, 1.807) is 61.9 Å². The fourth-order valence-electron chi connectivity index (χ4n) is 3.40. The third-order valence-electron chi connectivity index (χ3n) is 5.01. The molecule has 1 saturated heterocycles. The number of carbonyl (C=O) groups is 1. The van der Waals surface area contributed by atoms with Crippen molar-refractivity contribution in [2.24, 2.45) is 10.7 Å². The van der Waals surface area contributed by atoms with Crippen molar-refractivity contribution < 1.29 is 9.53 Å². The highest BCUT2D eigenvalue weighted by molar-refractivity contribution is 6.05. The maximum atomic E-state index is 12.4. The van der Waals surface area contributed by atoms with Crippen LogP contribution in [0.2, 0.25) is 0 Å². The van der Waals surface area contributed by atoms with E-state index >= 15 is 0 Å². The van der Waals surface area contributed by atoms with Crippen LogP contribution in [0.4, 0.5) is 11.6 Å². The van der Waals surface area contributed by atoms with Crippen LogP contribution in [0.1, 0.15) is 22.3 Å². The Balaban J connectivity index is 1.53. The van der Waals surface area contributed by atoms with E-state index in [9.17, 15) is 4.79 Å². The number of nitrogens with zero attached hydrogens (tertiary/aromatic N) is 3. The predicted octanol–water partition coefficient (Wildman–Crippen LogP) is 2.63. The number of benzene rings is 1. The van der Waals surface area contributed by atoms with Gasteiger partial charge in [-0.1, -0.05) is 6.07 Å². The van der Waals surface area contributed by atoms with Gasteiger partial charge in [0, 0.05) is 37.6 Å². The SMILES string of the molecule is CNc1nccc(Oc2ccc(C(=O)Nc3ccccn3)cc2)c1C(N)=NC1CCNC1. The fourth-order valence-corrected chi connectivity index (χ4v) is 3.40. The lowest BCUT2D eigenvalue weighted by atomic mass is 10.2. The molecule has 0 bridgehead atoms. The zero-order valence-electron chi connectivity index (χ0n) is 17.7. The van der Waals surface area contributed by atoms with E-state index in [1.807, 2.05) is 6.07 Å². The second-order valence-electron chi connectivity index (χ2n) is 7.24. The summed E-state index contributed by atoms with van der Waals surface area (Å²) in [6.45, 7) is 1.73. The quantitative estimate of drug-likeness (QED) is 0.335. The highest BCUT2D eigenvalue weighted by Crippen LogP contribution is 2.29. The van der Waals surface area contributed by atoms with Gasteiger partial charge >= 0.3 is 0 Å². The monoisotopic (exact) mass is 431 g/mol. The molecule has 0 spiro atoms. The molecule has 1 aliphatic heterocycles. The van der Waals surface area contributed by atoms with E-state index in [0.29, 0.717) is 40.1 Å². The topological polar surface area (TPSA) is 127 Å². The third-order valence-corrected chi connectivity index (χ3v) is 5.01. The Kier molecular flexibility index (Phi) is 6.57. The number of aromatic nitrogens is 2. The molecule has 3 aromatic rings. The molecule has 164 valence electrons. The van der Waals surface area contributed by atoms with Gasteiger partial charge in [-0.15, -0.1) is 0 Å². The molecule has 0 radical (unpaired) electrons. The van der Waals surface area contributed by atoms with Crippen LogP contribution >= 0.6 is 0 Å². The number of carbonyl (C=O) groups excluding carboxylic acids is 1. The van der Waals surface area contributed by atoms with Crippen molar-refractivity contribution in [2.45, 2.75) is 12.5 Å². The number of nitrogens with two attached hydrogens (primary N) is 1. The minimum absolute atomic E-state index is 0.129. The number of anilines is 2. The number of aliphatic imine (C=N–C) groups is 1. The van der Waals surface area contributed by atoms with Crippen LogP contribution < -0.4 is 26.4 Å². The average Bonchev–Trinajstić information content (AvgIpc) is 3.33. The largest absolute Gasteiger partial charge is 0.456 e. The number of rotatable bonds is 7. The molecule has 4 rings (SSSR count). The molecular formula is C23H25N7O2. The van der Waals surface area contributed by atoms with Crippen LogP contribution in [0.25, 0.3) is 0 Å². The van der Waals surface area contributed by atoms with Crippen molar-refractivity contribution in [2.75, 3.05) is 30.8 Å². The van der Waals surface area contributed by atoms with Crippen molar-refractivity contribution in [1.82, 2.24) is 15.3 Å². The number of pyridine rings is 2. The summed E-state index contributed by atoms with van der Waals surface area (Å²) in [6.07, 6.45) is 4.20. The van der Waals surface area contributed by atoms with Crippen LogP contribution in [0.5, 0.6) is 11.5 Å². The second-order valence-corrected chi connectivity index (χ2v) is 7.24. The standard InChI is InChI=1S/C23H25N7O2/c1-25-22-20(21(24)29-16-9-12-26-14-16)18(10-13-28-22)32-17-7-5-15(6-8-17)23(31)30-19-4-2-3-11-27-19/h2-8,10-11,13,16,26H,9,12,14H2,1H3,(H2,24,29)(H,25,28)(H,27,30,31). The second kappa shape index (κ2) is 9.88. The molecule has 5 N–H and O–H groups in total. The minimum Gasteiger partial charge on any atom is -0.456 e. The van der Waals surface area contributed by atoms with Crippen LogP contribution in [0.15, 0.2) is 65.9 Å². The van der Waals surface area contributed by atoms with Gasteiger partial charge in [-0.05, 0) is 49.4 Å². The van der Waals surface area contributed by atoms with Crippen molar-refractivity contribution in [1.29, 1.82) is 0 Å². The smallest absolute Gasteiger partial charge is 0.256 e. The van der Waals surface area contributed by atoms with Gasteiger partial charge in [0.05, 0.1) is 6.04 Å². The molecule has 1 atom stereocenters. The molecular weight excluding hydrogens is 406 g/mol. The normalized spacial score (nSPS) is 15.9. The first-order valence-electron chi connectivity index (χ1n) is 10.4. The molecule has 3 heterocycles. The molecule has 2 aromatic heterocycles. The first kappa shape index (κ1) is 21.3. The number of amides is 1. The Hall–Kier alpha value is -3.98. The lowest BCUT2D eigenvalue weighted by molar-refractivity contribution is 0.102. The van der Waals surface area contributed by atoms with Crippen molar-refractivity contribution in [3.63, 3.8) is 0 Å². The summed E-state index contributed by atoms with van der Waals surface area (Å²) in [5.41, 5.74) is 7.45. The first-order chi connectivity index (χ1) is 15.6. The summed E-state index contributed by atoms with van der Waals surface area (Å²) in [6, 6.07) is 14.0.